The van der Waals surface area contributed by atoms with Gasteiger partial charge in [-0.3, -0.25) is 4.79 Å². The number of amides is 1. The first kappa shape index (κ1) is 16.9. The van der Waals surface area contributed by atoms with Gasteiger partial charge in [0.15, 0.2) is 6.04 Å². The lowest BCUT2D eigenvalue weighted by Gasteiger charge is -2.11. The van der Waals surface area contributed by atoms with Crippen molar-refractivity contribution in [3.8, 4) is 5.75 Å². The number of aliphatic carboxylic acids is 1. The van der Waals surface area contributed by atoms with Gasteiger partial charge < -0.3 is 15.2 Å². The minimum absolute atomic E-state index is 0.255. The Bertz CT molecular complexity index is 473. The number of rotatable bonds is 8. The molecule has 0 radical (unpaired) electrons. The van der Waals surface area contributed by atoms with E-state index >= 15 is 0 Å². The van der Waals surface area contributed by atoms with Gasteiger partial charge in [0.25, 0.3) is 5.91 Å². The lowest BCUT2D eigenvalue weighted by molar-refractivity contribution is -0.139. The molecule has 1 aromatic rings. The van der Waals surface area contributed by atoms with Crippen molar-refractivity contribution in [1.29, 1.82) is 0 Å². The van der Waals surface area contributed by atoms with Gasteiger partial charge in [-0.05, 0) is 36.6 Å². The van der Waals surface area contributed by atoms with Crippen LogP contribution < -0.4 is 10.1 Å². The molecule has 21 heavy (non-hydrogen) atoms. The molecule has 0 aliphatic heterocycles. The molecule has 1 atom stereocenters. The van der Waals surface area contributed by atoms with Gasteiger partial charge in [0, 0.05) is 5.56 Å². The zero-order valence-electron chi connectivity index (χ0n) is 12.1. The molecular formula is C15H20FNO4. The average molecular weight is 297 g/mol. The Morgan fingerprint density at radius 2 is 1.90 bits per heavy atom. The maximum absolute atomic E-state index is 12.4. The number of carboxylic acid groups (broad SMARTS) is 1. The van der Waals surface area contributed by atoms with Gasteiger partial charge in [0.1, 0.15) is 12.4 Å². The molecule has 0 spiro atoms. The van der Waals surface area contributed by atoms with Crippen LogP contribution in [0.15, 0.2) is 24.3 Å². The minimum atomic E-state index is -1.53. The second-order valence-electron chi connectivity index (χ2n) is 5.07. The zero-order valence-corrected chi connectivity index (χ0v) is 12.1. The van der Waals surface area contributed by atoms with E-state index in [-0.39, 0.29) is 5.56 Å². The summed E-state index contributed by atoms with van der Waals surface area (Å²) in [5.41, 5.74) is 0.255. The van der Waals surface area contributed by atoms with Crippen molar-refractivity contribution in [3.05, 3.63) is 29.8 Å². The molecule has 0 fully saturated rings. The van der Waals surface area contributed by atoms with Crippen LogP contribution in [0.3, 0.4) is 0 Å². The summed E-state index contributed by atoms with van der Waals surface area (Å²) in [4.78, 5) is 22.4. The number of carbonyl (C=O) groups excluding carboxylic acids is 1. The molecule has 1 unspecified atom stereocenters. The van der Waals surface area contributed by atoms with Crippen LogP contribution in [0.5, 0.6) is 5.75 Å². The van der Waals surface area contributed by atoms with Gasteiger partial charge in [-0.2, -0.15) is 0 Å². The van der Waals surface area contributed by atoms with Crippen molar-refractivity contribution >= 4 is 11.9 Å². The highest BCUT2D eigenvalue weighted by Gasteiger charge is 2.20. The highest BCUT2D eigenvalue weighted by atomic mass is 19.1. The van der Waals surface area contributed by atoms with E-state index in [1.807, 2.05) is 0 Å². The zero-order chi connectivity index (χ0) is 15.8. The summed E-state index contributed by atoms with van der Waals surface area (Å²) < 4.78 is 17.9. The third-order valence-electron chi connectivity index (χ3n) is 2.84. The summed E-state index contributed by atoms with van der Waals surface area (Å²) in [5, 5.41) is 10.8. The van der Waals surface area contributed by atoms with Gasteiger partial charge in [-0.15, -0.1) is 0 Å². The van der Waals surface area contributed by atoms with Gasteiger partial charge >= 0.3 is 5.97 Å². The Balaban J connectivity index is 2.56. The van der Waals surface area contributed by atoms with Crippen LogP contribution in [-0.2, 0) is 4.79 Å². The third kappa shape index (κ3) is 5.81. The summed E-state index contributed by atoms with van der Waals surface area (Å²) in [6.07, 6.45) is 0.930. The van der Waals surface area contributed by atoms with E-state index in [1.54, 1.807) is 12.1 Å². The maximum atomic E-state index is 12.4. The van der Waals surface area contributed by atoms with Crippen molar-refractivity contribution < 1.29 is 23.8 Å². The van der Waals surface area contributed by atoms with Gasteiger partial charge in [0.2, 0.25) is 0 Å². The van der Waals surface area contributed by atoms with E-state index < -0.39 is 24.6 Å². The molecule has 0 aromatic heterocycles. The summed E-state index contributed by atoms with van der Waals surface area (Å²) in [6, 6.07) is 4.74. The summed E-state index contributed by atoms with van der Waals surface area (Å²) >= 11 is 0. The van der Waals surface area contributed by atoms with Crippen molar-refractivity contribution in [2.75, 3.05) is 13.3 Å². The summed E-state index contributed by atoms with van der Waals surface area (Å²) in [6.45, 7) is 3.63. The van der Waals surface area contributed by atoms with E-state index in [4.69, 9.17) is 9.84 Å². The molecule has 0 bridgehead atoms. The number of hydrogen-bond acceptors (Lipinski definition) is 3. The fourth-order valence-electron chi connectivity index (χ4n) is 1.52. The van der Waals surface area contributed by atoms with E-state index in [9.17, 15) is 14.0 Å². The van der Waals surface area contributed by atoms with E-state index in [0.29, 0.717) is 18.3 Å². The molecule has 0 heterocycles. The van der Waals surface area contributed by atoms with Gasteiger partial charge in [-0.1, -0.05) is 13.8 Å². The molecular weight excluding hydrogens is 277 g/mol. The minimum Gasteiger partial charge on any atom is -0.494 e. The SMILES string of the molecule is CC(C)CCOc1ccc(C(=O)NC(CF)C(=O)O)cc1. The number of benzene rings is 1. The highest BCUT2D eigenvalue weighted by molar-refractivity contribution is 5.96. The molecule has 2 N–H and O–H groups in total. The fraction of sp³-hybridized carbons (Fsp3) is 0.467. The Labute approximate surface area is 123 Å². The smallest absolute Gasteiger partial charge is 0.328 e. The number of hydrogen-bond donors (Lipinski definition) is 2. The lowest BCUT2D eigenvalue weighted by atomic mass is 10.1. The first-order chi connectivity index (χ1) is 9.93. The van der Waals surface area contributed by atoms with Crippen LogP contribution in [0.2, 0.25) is 0 Å². The summed E-state index contributed by atoms with van der Waals surface area (Å²) in [7, 11) is 0. The number of halogens is 1. The molecule has 1 rings (SSSR count). The van der Waals surface area contributed by atoms with Crippen LogP contribution in [0.1, 0.15) is 30.6 Å². The first-order valence-electron chi connectivity index (χ1n) is 6.76. The van der Waals surface area contributed by atoms with Crippen molar-refractivity contribution in [1.82, 2.24) is 5.32 Å². The molecule has 0 aliphatic carbocycles. The van der Waals surface area contributed by atoms with Crippen LogP contribution in [0.25, 0.3) is 0 Å². The standard InChI is InChI=1S/C15H20FNO4/c1-10(2)7-8-21-12-5-3-11(4-6-12)14(18)17-13(9-16)15(19)20/h3-6,10,13H,7-9H2,1-2H3,(H,17,18)(H,19,20). The monoisotopic (exact) mass is 297 g/mol. The van der Waals surface area contributed by atoms with Gasteiger partial charge in [0.05, 0.1) is 6.61 Å². The van der Waals surface area contributed by atoms with Gasteiger partial charge in [-0.25, -0.2) is 9.18 Å². The number of carboxylic acids is 1. The molecule has 0 aliphatic rings. The largest absolute Gasteiger partial charge is 0.494 e. The predicted molar refractivity (Wildman–Crippen MR) is 76.3 cm³/mol. The molecule has 6 heteroatoms. The highest BCUT2D eigenvalue weighted by Crippen LogP contribution is 2.13. The van der Waals surface area contributed by atoms with Crippen molar-refractivity contribution in [3.63, 3.8) is 0 Å². The van der Waals surface area contributed by atoms with E-state index in [1.165, 1.54) is 12.1 Å². The van der Waals surface area contributed by atoms with E-state index in [0.717, 1.165) is 6.42 Å². The molecule has 0 saturated carbocycles. The normalized spacial score (nSPS) is 12.0. The maximum Gasteiger partial charge on any atom is 0.328 e. The number of nitrogens with one attached hydrogen (secondary N) is 1. The summed E-state index contributed by atoms with van der Waals surface area (Å²) in [5.74, 6) is -0.857. The Hall–Kier alpha value is -2.11. The van der Waals surface area contributed by atoms with Crippen LogP contribution >= 0.6 is 0 Å². The van der Waals surface area contributed by atoms with Crippen LogP contribution in [0, 0.1) is 5.92 Å². The van der Waals surface area contributed by atoms with Crippen molar-refractivity contribution in [2.24, 2.45) is 5.92 Å². The third-order valence-corrected chi connectivity index (χ3v) is 2.84. The Kier molecular flexibility index (Phi) is 6.65. The molecule has 5 nitrogen and oxygen atoms in total. The second-order valence-corrected chi connectivity index (χ2v) is 5.07. The molecule has 1 aromatic carbocycles. The topological polar surface area (TPSA) is 75.6 Å². The lowest BCUT2D eigenvalue weighted by Crippen LogP contribution is -2.42. The van der Waals surface area contributed by atoms with Crippen LogP contribution in [-0.4, -0.2) is 36.3 Å². The average Bonchev–Trinajstić information content (AvgIpc) is 2.44. The predicted octanol–water partition coefficient (Wildman–Crippen LogP) is 2.26. The van der Waals surface area contributed by atoms with E-state index in [2.05, 4.69) is 19.2 Å². The number of alkyl halides is 1. The molecule has 116 valence electrons. The molecule has 0 saturated heterocycles. The quantitative estimate of drug-likeness (QED) is 0.771. The van der Waals surface area contributed by atoms with Crippen LogP contribution in [0.4, 0.5) is 4.39 Å². The number of carbonyl (C=O) groups is 2. The molecule has 1 amide bonds. The Morgan fingerprint density at radius 1 is 1.29 bits per heavy atom. The Morgan fingerprint density at radius 3 is 2.38 bits per heavy atom. The number of ether oxygens (including phenoxy) is 1. The fourth-order valence-corrected chi connectivity index (χ4v) is 1.52. The second kappa shape index (κ2) is 8.24. The first-order valence-corrected chi connectivity index (χ1v) is 6.76. The van der Waals surface area contributed by atoms with Crippen molar-refractivity contribution in [2.45, 2.75) is 26.3 Å².